The van der Waals surface area contributed by atoms with Gasteiger partial charge in [-0.15, -0.1) is 6.58 Å². The number of fused-ring (bicyclic) bond motifs is 2. The molecule has 2 aliphatic rings. The number of carbonyl (C=O) groups excluding carboxylic acids is 1. The van der Waals surface area contributed by atoms with Crippen LogP contribution in [0.4, 0.5) is 5.82 Å². The lowest BCUT2D eigenvalue weighted by Gasteiger charge is -2.42. The monoisotopic (exact) mass is 497 g/mol. The molecule has 0 spiro atoms. The molecule has 9 heteroatoms. The van der Waals surface area contributed by atoms with E-state index in [-0.39, 0.29) is 28.8 Å². The van der Waals surface area contributed by atoms with Gasteiger partial charge in [0.15, 0.2) is 14.5 Å². The van der Waals surface area contributed by atoms with E-state index < -0.39 is 31.9 Å². The second kappa shape index (κ2) is 9.13. The van der Waals surface area contributed by atoms with Gasteiger partial charge in [0.2, 0.25) is 0 Å². The fourth-order valence-corrected chi connectivity index (χ4v) is 5.65. The molecule has 1 N–H and O–H groups in total. The maximum Gasteiger partial charge on any atom is 0.351 e. The highest BCUT2D eigenvalue weighted by Gasteiger charge is 2.66. The number of carbonyl (C=O) groups is 1. The summed E-state index contributed by atoms with van der Waals surface area (Å²) in [5, 5.41) is 2.67. The summed E-state index contributed by atoms with van der Waals surface area (Å²) >= 11 is 0. The first-order valence-electron chi connectivity index (χ1n) is 11.9. The number of ether oxygens (including phenoxy) is 2. The maximum absolute atomic E-state index is 13.0. The molecule has 0 radical (unpaired) electrons. The lowest BCUT2D eigenvalue weighted by atomic mass is 9.86. The highest BCUT2D eigenvalue weighted by atomic mass is 28.4. The van der Waals surface area contributed by atoms with Crippen LogP contribution in [0.15, 0.2) is 60.0 Å². The van der Waals surface area contributed by atoms with Crippen LogP contribution in [0.1, 0.15) is 44.3 Å². The zero-order chi connectivity index (χ0) is 25.6. The normalized spacial score (nSPS) is 27.0. The number of hydrogen-bond acceptors (Lipinski definition) is 6. The summed E-state index contributed by atoms with van der Waals surface area (Å²) in [7, 11) is -2.17. The summed E-state index contributed by atoms with van der Waals surface area (Å²) in [6.07, 6.45) is 1.93. The Morgan fingerprint density at radius 3 is 2.60 bits per heavy atom. The molecular weight excluding hydrogens is 462 g/mol. The van der Waals surface area contributed by atoms with Crippen molar-refractivity contribution in [1.82, 2.24) is 9.55 Å². The van der Waals surface area contributed by atoms with Crippen molar-refractivity contribution in [3.63, 3.8) is 0 Å². The molecule has 0 aliphatic carbocycles. The van der Waals surface area contributed by atoms with Crippen molar-refractivity contribution in [3.8, 4) is 0 Å². The first-order valence-corrected chi connectivity index (χ1v) is 14.9. The minimum atomic E-state index is -2.17. The molecule has 4 rings (SSSR count). The topological polar surface area (TPSA) is 91.7 Å². The second-order valence-corrected chi connectivity index (χ2v) is 15.6. The Bertz CT molecular complexity index is 1160. The molecule has 2 bridgehead atoms. The SMILES string of the molecule is C=C[C@H](C)C12COC([C@H](n3ccc(NC(=O)c4ccccc4)nc3=O)O1)[C@@H]2O[Si](C)(C)C(C)(C)C. The van der Waals surface area contributed by atoms with Gasteiger partial charge in [0, 0.05) is 17.7 Å². The van der Waals surface area contributed by atoms with Crippen molar-refractivity contribution in [3.05, 3.63) is 71.3 Å². The largest absolute Gasteiger partial charge is 0.408 e. The summed E-state index contributed by atoms with van der Waals surface area (Å²) < 4.78 is 21.0. The summed E-state index contributed by atoms with van der Waals surface area (Å²) in [4.78, 5) is 29.6. The van der Waals surface area contributed by atoms with E-state index in [0.29, 0.717) is 12.2 Å². The highest BCUT2D eigenvalue weighted by Crippen LogP contribution is 2.52. The molecule has 188 valence electrons. The molecule has 0 saturated carbocycles. The predicted octanol–water partition coefficient (Wildman–Crippen LogP) is 4.37. The van der Waals surface area contributed by atoms with Crippen LogP contribution in [0.2, 0.25) is 18.1 Å². The van der Waals surface area contributed by atoms with Gasteiger partial charge in [-0.2, -0.15) is 4.98 Å². The predicted molar refractivity (Wildman–Crippen MR) is 137 cm³/mol. The quantitative estimate of drug-likeness (QED) is 0.451. The van der Waals surface area contributed by atoms with Crippen molar-refractivity contribution in [2.24, 2.45) is 5.92 Å². The van der Waals surface area contributed by atoms with Crippen molar-refractivity contribution in [2.75, 3.05) is 11.9 Å². The third kappa shape index (κ3) is 4.53. The van der Waals surface area contributed by atoms with Gasteiger partial charge in [0.05, 0.1) is 6.61 Å². The van der Waals surface area contributed by atoms with E-state index >= 15 is 0 Å². The van der Waals surface area contributed by atoms with Crippen LogP contribution in [-0.4, -0.2) is 48.2 Å². The number of aromatic nitrogens is 2. The Labute approximate surface area is 207 Å². The van der Waals surface area contributed by atoms with Crippen molar-refractivity contribution in [1.29, 1.82) is 0 Å². The van der Waals surface area contributed by atoms with E-state index in [1.54, 1.807) is 36.5 Å². The van der Waals surface area contributed by atoms with Gasteiger partial charge in [-0.25, -0.2) is 4.79 Å². The molecule has 5 atom stereocenters. The number of amides is 1. The Kier molecular flexibility index (Phi) is 6.65. The number of hydrogen-bond donors (Lipinski definition) is 1. The minimum Gasteiger partial charge on any atom is -0.408 e. The lowest BCUT2D eigenvalue weighted by Crippen LogP contribution is -2.53. The van der Waals surface area contributed by atoms with Gasteiger partial charge in [-0.1, -0.05) is 52.0 Å². The Hall–Kier alpha value is -2.59. The van der Waals surface area contributed by atoms with Gasteiger partial charge in [-0.3, -0.25) is 9.36 Å². The molecule has 1 aromatic carbocycles. The van der Waals surface area contributed by atoms with E-state index in [0.717, 1.165) is 0 Å². The van der Waals surface area contributed by atoms with E-state index in [2.05, 4.69) is 50.7 Å². The first kappa shape index (κ1) is 25.5. The summed E-state index contributed by atoms with van der Waals surface area (Å²) in [5.41, 5.74) is -0.800. The molecule has 2 saturated heterocycles. The number of nitrogens with one attached hydrogen (secondary N) is 1. The zero-order valence-corrected chi connectivity index (χ0v) is 22.3. The van der Waals surface area contributed by atoms with Crippen molar-refractivity contribution >= 4 is 20.0 Å². The molecule has 2 aliphatic heterocycles. The van der Waals surface area contributed by atoms with Crippen LogP contribution in [-0.2, 0) is 13.9 Å². The van der Waals surface area contributed by atoms with E-state index in [1.807, 2.05) is 19.1 Å². The van der Waals surface area contributed by atoms with Gasteiger partial charge >= 0.3 is 5.69 Å². The molecule has 1 amide bonds. The third-order valence-corrected chi connectivity index (χ3v) is 12.1. The third-order valence-electron chi connectivity index (χ3n) is 7.64. The molecular formula is C26H35N3O5Si. The summed E-state index contributed by atoms with van der Waals surface area (Å²) in [5.74, 6) is -0.218. The number of anilines is 1. The Balaban J connectivity index is 1.61. The van der Waals surface area contributed by atoms with E-state index in [9.17, 15) is 9.59 Å². The molecule has 2 fully saturated rings. The van der Waals surface area contributed by atoms with Crippen LogP contribution < -0.4 is 11.0 Å². The van der Waals surface area contributed by atoms with Crippen LogP contribution in [0.25, 0.3) is 0 Å². The minimum absolute atomic E-state index is 0.000134. The van der Waals surface area contributed by atoms with E-state index in [4.69, 9.17) is 13.9 Å². The second-order valence-electron chi connectivity index (χ2n) is 10.9. The van der Waals surface area contributed by atoms with Gasteiger partial charge in [-0.05, 0) is 36.3 Å². The zero-order valence-electron chi connectivity index (χ0n) is 21.3. The Morgan fingerprint density at radius 1 is 1.31 bits per heavy atom. The number of rotatable bonds is 7. The van der Waals surface area contributed by atoms with Crippen LogP contribution in [0.5, 0.6) is 0 Å². The lowest BCUT2D eigenvalue weighted by molar-refractivity contribution is -0.186. The average Bonchev–Trinajstić information content (AvgIpc) is 3.30. The fraction of sp³-hybridized carbons (Fsp3) is 0.500. The van der Waals surface area contributed by atoms with Gasteiger partial charge < -0.3 is 19.2 Å². The number of nitrogens with zero attached hydrogens (tertiary/aromatic N) is 2. The highest BCUT2D eigenvalue weighted by molar-refractivity contribution is 6.74. The number of benzene rings is 1. The Morgan fingerprint density at radius 2 is 2.00 bits per heavy atom. The molecule has 35 heavy (non-hydrogen) atoms. The molecule has 3 heterocycles. The average molecular weight is 498 g/mol. The van der Waals surface area contributed by atoms with Gasteiger partial charge in [0.1, 0.15) is 23.6 Å². The maximum atomic E-state index is 13.0. The summed E-state index contributed by atoms with van der Waals surface area (Å²) in [6, 6.07) is 10.4. The molecule has 1 aromatic heterocycles. The first-order chi connectivity index (χ1) is 16.4. The van der Waals surface area contributed by atoms with Crippen LogP contribution in [0, 0.1) is 5.92 Å². The molecule has 8 nitrogen and oxygen atoms in total. The van der Waals surface area contributed by atoms with Crippen LogP contribution >= 0.6 is 0 Å². The van der Waals surface area contributed by atoms with E-state index in [1.165, 1.54) is 4.57 Å². The van der Waals surface area contributed by atoms with Crippen molar-refractivity contribution in [2.45, 2.75) is 69.9 Å². The summed E-state index contributed by atoms with van der Waals surface area (Å²) in [6.45, 7) is 17.3. The molecule has 2 unspecified atom stereocenters. The standard InChI is InChI=1S/C26H35N3O5Si/c1-8-17(2)26-16-32-20(21(26)34-35(6,7)25(3,4)5)23(33-26)29-15-14-19(28-24(29)31)27-22(30)18-12-10-9-11-13-18/h8-15,17,20-21,23H,1,16H2,2-7H3,(H,27,28,30,31)/t17-,20?,21-,23+,26?/m0/s1. The molecule has 2 aromatic rings. The fourth-order valence-electron chi connectivity index (χ4n) is 4.33. The van der Waals surface area contributed by atoms with Gasteiger partial charge in [0.25, 0.3) is 5.91 Å². The van der Waals surface area contributed by atoms with Crippen molar-refractivity contribution < 1.29 is 18.7 Å². The van der Waals surface area contributed by atoms with Crippen LogP contribution in [0.3, 0.4) is 0 Å². The smallest absolute Gasteiger partial charge is 0.351 e.